The average molecular weight is 686 g/mol. The Kier molecular flexibility index (Phi) is 10.8. The van der Waals surface area contributed by atoms with Crippen molar-refractivity contribution < 1.29 is 28.2 Å². The minimum Gasteiger partial charge on any atom is -0.494 e. The molecule has 49 heavy (non-hydrogen) atoms. The number of carbonyl (C=O) groups is 1. The van der Waals surface area contributed by atoms with Gasteiger partial charge in [0, 0.05) is 44.9 Å². The van der Waals surface area contributed by atoms with Gasteiger partial charge in [-0.3, -0.25) is 9.78 Å². The van der Waals surface area contributed by atoms with Crippen LogP contribution in [0.25, 0.3) is 33.8 Å². The molecule has 0 aliphatic carbocycles. The van der Waals surface area contributed by atoms with E-state index in [1.165, 1.54) is 13.3 Å². The topological polar surface area (TPSA) is 144 Å². The third-order valence-electron chi connectivity index (χ3n) is 9.73. The summed E-state index contributed by atoms with van der Waals surface area (Å²) in [6.45, 7) is 14.0. The zero-order valence-corrected chi connectivity index (χ0v) is 30.8. The molecule has 0 aromatic carbocycles. The zero-order valence-electron chi connectivity index (χ0n) is 29.8. The second-order valence-electron chi connectivity index (χ2n) is 14.2. The van der Waals surface area contributed by atoms with Crippen molar-refractivity contribution >= 4 is 25.3 Å². The molecule has 1 aliphatic heterocycles. The highest BCUT2D eigenvalue weighted by Crippen LogP contribution is 2.41. The normalized spacial score (nSPS) is 14.2. The second kappa shape index (κ2) is 14.7. The fraction of sp³-hybridized carbons (Fsp3) is 0.486. The largest absolute Gasteiger partial charge is 0.494 e. The van der Waals surface area contributed by atoms with Crippen molar-refractivity contribution in [2.75, 3.05) is 33.9 Å². The quantitative estimate of drug-likeness (QED) is 0.150. The zero-order chi connectivity index (χ0) is 35.5. The van der Waals surface area contributed by atoms with Crippen molar-refractivity contribution in [3.8, 4) is 40.3 Å². The van der Waals surface area contributed by atoms with Gasteiger partial charge >= 0.3 is 0 Å². The fourth-order valence-electron chi connectivity index (χ4n) is 5.83. The Bertz CT molecular complexity index is 1850. The standard InChI is InChI=1S/C37H47N5O6Si/c1-23(2)26-22-39-28-19-32(48-35(28)33(26)27-10-11-30(29(20-38)41-27)47-25-12-16-46-17-13-25)34-31(45-6)18-24(21-40-34)36(43)42(5)15-9-14-37(3,4)49(7,8)44/h10-11,18-19,21-23,25,44H,9,12-17H2,1-8H3. The Morgan fingerprint density at radius 1 is 1.16 bits per heavy atom. The lowest BCUT2D eigenvalue weighted by atomic mass is 9.96. The average Bonchev–Trinajstić information content (AvgIpc) is 3.51. The van der Waals surface area contributed by atoms with Gasteiger partial charge in [-0.1, -0.05) is 27.7 Å². The van der Waals surface area contributed by atoms with Crippen LogP contribution in [0.1, 0.15) is 80.9 Å². The lowest BCUT2D eigenvalue weighted by Crippen LogP contribution is -2.39. The molecule has 1 N–H and O–H groups in total. The van der Waals surface area contributed by atoms with Crippen LogP contribution in [-0.2, 0) is 4.74 Å². The van der Waals surface area contributed by atoms with Crippen LogP contribution >= 0.6 is 0 Å². The van der Waals surface area contributed by atoms with Crippen LogP contribution in [0.4, 0.5) is 0 Å². The third-order valence-corrected chi connectivity index (χ3v) is 13.3. The number of ether oxygens (including phenoxy) is 3. The summed E-state index contributed by atoms with van der Waals surface area (Å²) in [7, 11) is 0.972. The van der Waals surface area contributed by atoms with Crippen LogP contribution in [0, 0.1) is 11.3 Å². The van der Waals surface area contributed by atoms with Crippen molar-refractivity contribution in [1.29, 1.82) is 5.26 Å². The van der Waals surface area contributed by atoms with Crippen molar-refractivity contribution in [3.63, 3.8) is 0 Å². The number of amides is 1. The Balaban J connectivity index is 1.44. The molecule has 0 atom stereocenters. The van der Waals surface area contributed by atoms with Crippen LogP contribution in [0.15, 0.2) is 41.1 Å². The van der Waals surface area contributed by atoms with E-state index < -0.39 is 8.32 Å². The highest BCUT2D eigenvalue weighted by molar-refractivity contribution is 6.72. The van der Waals surface area contributed by atoms with Crippen LogP contribution in [0.3, 0.4) is 0 Å². The summed E-state index contributed by atoms with van der Waals surface area (Å²) in [6.07, 6.45) is 6.44. The molecule has 1 aliphatic rings. The van der Waals surface area contributed by atoms with Crippen LogP contribution in [0.5, 0.6) is 11.5 Å². The number of aromatic nitrogens is 3. The summed E-state index contributed by atoms with van der Waals surface area (Å²) >= 11 is 0. The summed E-state index contributed by atoms with van der Waals surface area (Å²) < 4.78 is 23.8. The molecule has 4 aromatic rings. The minimum absolute atomic E-state index is 0.0252. The van der Waals surface area contributed by atoms with Crippen molar-refractivity contribution in [2.45, 2.75) is 83.5 Å². The van der Waals surface area contributed by atoms with Gasteiger partial charge in [0.25, 0.3) is 5.91 Å². The van der Waals surface area contributed by atoms with Crippen molar-refractivity contribution in [1.82, 2.24) is 19.9 Å². The summed E-state index contributed by atoms with van der Waals surface area (Å²) in [5, 5.41) is 9.86. The molecule has 260 valence electrons. The SMILES string of the molecule is COc1cc(C(=O)N(C)CCCC(C)(C)[Si](C)(C)O)cnc1-c1cc2ncc(C(C)C)c(-c3ccc(OC4CCOCC4)c(C#N)n3)c2o1. The van der Waals surface area contributed by atoms with Gasteiger partial charge in [0.05, 0.1) is 37.1 Å². The van der Waals surface area contributed by atoms with Crippen molar-refractivity contribution in [3.05, 3.63) is 53.5 Å². The second-order valence-corrected chi connectivity index (χ2v) is 18.7. The Morgan fingerprint density at radius 2 is 1.90 bits per heavy atom. The van der Waals surface area contributed by atoms with Gasteiger partial charge in [-0.15, -0.1) is 0 Å². The fourth-order valence-corrected chi connectivity index (χ4v) is 6.62. The number of nitrogens with zero attached hydrogens (tertiary/aromatic N) is 5. The first kappa shape index (κ1) is 36.0. The molecule has 1 saturated heterocycles. The van der Waals surface area contributed by atoms with E-state index in [1.54, 1.807) is 30.1 Å². The van der Waals surface area contributed by atoms with E-state index in [0.29, 0.717) is 65.1 Å². The minimum atomic E-state index is -2.33. The molecule has 11 nitrogen and oxygen atoms in total. The first-order valence-electron chi connectivity index (χ1n) is 16.8. The smallest absolute Gasteiger partial charge is 0.255 e. The number of rotatable bonds is 12. The molecule has 5 rings (SSSR count). The molecule has 0 radical (unpaired) electrons. The number of carbonyl (C=O) groups excluding carboxylic acids is 1. The molecular weight excluding hydrogens is 639 g/mol. The first-order chi connectivity index (χ1) is 23.2. The van der Waals surface area contributed by atoms with Gasteiger partial charge in [0.2, 0.25) is 0 Å². The number of nitriles is 1. The van der Waals surface area contributed by atoms with Gasteiger partial charge in [0.15, 0.2) is 31.1 Å². The third kappa shape index (κ3) is 7.80. The number of hydrogen-bond acceptors (Lipinski definition) is 10. The molecule has 1 amide bonds. The van der Waals surface area contributed by atoms with Gasteiger partial charge in [-0.05, 0) is 60.7 Å². The van der Waals surface area contributed by atoms with Gasteiger partial charge in [0.1, 0.15) is 29.1 Å². The number of fused-ring (bicyclic) bond motifs is 1. The highest BCUT2D eigenvalue weighted by Gasteiger charge is 2.37. The Morgan fingerprint density at radius 3 is 2.55 bits per heavy atom. The molecule has 5 heterocycles. The van der Waals surface area contributed by atoms with E-state index in [1.807, 2.05) is 25.4 Å². The molecule has 0 saturated carbocycles. The Hall–Kier alpha value is -4.31. The van der Waals surface area contributed by atoms with E-state index >= 15 is 0 Å². The van der Waals surface area contributed by atoms with Crippen LogP contribution < -0.4 is 9.47 Å². The number of hydrogen-bond donors (Lipinski definition) is 1. The summed E-state index contributed by atoms with van der Waals surface area (Å²) in [5.74, 6) is 1.17. The molecular formula is C37H47N5O6Si. The maximum Gasteiger partial charge on any atom is 0.255 e. The Labute approximate surface area is 289 Å². The number of pyridine rings is 3. The van der Waals surface area contributed by atoms with E-state index in [2.05, 4.69) is 38.7 Å². The summed E-state index contributed by atoms with van der Waals surface area (Å²) in [6, 6.07) is 9.32. The number of furan rings is 1. The maximum absolute atomic E-state index is 13.4. The monoisotopic (exact) mass is 685 g/mol. The van der Waals surface area contributed by atoms with E-state index in [4.69, 9.17) is 28.6 Å². The highest BCUT2D eigenvalue weighted by atomic mass is 28.4. The maximum atomic E-state index is 13.4. The molecule has 0 unspecified atom stereocenters. The van der Waals surface area contributed by atoms with E-state index in [9.17, 15) is 14.9 Å². The van der Waals surface area contributed by atoms with Crippen molar-refractivity contribution in [2.24, 2.45) is 0 Å². The molecule has 0 spiro atoms. The first-order valence-corrected chi connectivity index (χ1v) is 19.8. The predicted octanol–water partition coefficient (Wildman–Crippen LogP) is 7.34. The predicted molar refractivity (Wildman–Crippen MR) is 190 cm³/mol. The van der Waals surface area contributed by atoms with E-state index in [0.717, 1.165) is 36.8 Å². The summed E-state index contributed by atoms with van der Waals surface area (Å²) in [4.78, 5) is 39.7. The van der Waals surface area contributed by atoms with Crippen LogP contribution in [-0.4, -0.2) is 78.9 Å². The van der Waals surface area contributed by atoms with Gasteiger partial charge in [-0.25, -0.2) is 9.97 Å². The molecule has 12 heteroatoms. The summed E-state index contributed by atoms with van der Waals surface area (Å²) in [5.41, 5.74) is 4.36. The lowest BCUT2D eigenvalue weighted by molar-refractivity contribution is 0.0253. The van der Waals surface area contributed by atoms with Gasteiger partial charge < -0.3 is 28.3 Å². The van der Waals surface area contributed by atoms with Crippen LogP contribution in [0.2, 0.25) is 18.1 Å². The van der Waals surface area contributed by atoms with Gasteiger partial charge in [-0.2, -0.15) is 5.26 Å². The molecule has 0 bridgehead atoms. The molecule has 4 aromatic heterocycles. The molecule has 1 fully saturated rings. The lowest BCUT2D eigenvalue weighted by Gasteiger charge is -2.35. The van der Waals surface area contributed by atoms with E-state index in [-0.39, 0.29) is 28.7 Å². The number of methoxy groups -OCH3 is 1.